The second kappa shape index (κ2) is 7.75. The van der Waals surface area contributed by atoms with E-state index >= 15 is 0 Å². The summed E-state index contributed by atoms with van der Waals surface area (Å²) < 4.78 is 5.32. The summed E-state index contributed by atoms with van der Waals surface area (Å²) >= 11 is 0. The SMILES string of the molecule is COc1ccnc(N2CC[C@@H](C)N(C(=O)c3ccccc3C3(C#N)CC3)CC2)c1. The molecule has 2 heterocycles. The van der Waals surface area contributed by atoms with Gasteiger partial charge in [0.1, 0.15) is 11.6 Å². The summed E-state index contributed by atoms with van der Waals surface area (Å²) in [4.78, 5) is 22.1. The molecule has 2 aliphatic rings. The lowest BCUT2D eigenvalue weighted by Gasteiger charge is -2.28. The standard InChI is InChI=1S/C23H26N4O2/c1-17-8-12-26(21-15-18(29-2)7-11-25-21)13-14-27(17)22(28)19-5-3-4-6-20(19)23(16-24)9-10-23/h3-7,11,15,17H,8-10,12-14H2,1-2H3/t17-/m1/s1. The van der Waals surface area contributed by atoms with E-state index in [1.54, 1.807) is 13.3 Å². The first kappa shape index (κ1) is 19.3. The monoisotopic (exact) mass is 390 g/mol. The van der Waals surface area contributed by atoms with Crippen molar-refractivity contribution in [2.75, 3.05) is 31.6 Å². The minimum absolute atomic E-state index is 0.0232. The van der Waals surface area contributed by atoms with Crippen LogP contribution in [0.3, 0.4) is 0 Å². The maximum atomic E-state index is 13.5. The molecule has 6 nitrogen and oxygen atoms in total. The highest BCUT2D eigenvalue weighted by Crippen LogP contribution is 2.48. The number of hydrogen-bond donors (Lipinski definition) is 0. The van der Waals surface area contributed by atoms with E-state index in [9.17, 15) is 10.1 Å². The Kier molecular flexibility index (Phi) is 5.14. The zero-order chi connectivity index (χ0) is 20.4. The maximum absolute atomic E-state index is 13.5. The zero-order valence-corrected chi connectivity index (χ0v) is 17.0. The van der Waals surface area contributed by atoms with Crippen molar-refractivity contribution in [3.63, 3.8) is 0 Å². The lowest BCUT2D eigenvalue weighted by molar-refractivity contribution is 0.0703. The normalized spacial score (nSPS) is 20.5. The van der Waals surface area contributed by atoms with Crippen LogP contribution < -0.4 is 9.64 Å². The number of amides is 1. The van der Waals surface area contributed by atoms with Crippen molar-refractivity contribution in [1.82, 2.24) is 9.88 Å². The van der Waals surface area contributed by atoms with Gasteiger partial charge in [-0.1, -0.05) is 18.2 Å². The first-order valence-corrected chi connectivity index (χ1v) is 10.1. The van der Waals surface area contributed by atoms with Crippen molar-refractivity contribution in [3.05, 3.63) is 53.7 Å². The molecular formula is C23H26N4O2. The van der Waals surface area contributed by atoms with Crippen LogP contribution in [0.4, 0.5) is 5.82 Å². The quantitative estimate of drug-likeness (QED) is 0.800. The molecule has 0 unspecified atom stereocenters. The van der Waals surface area contributed by atoms with E-state index in [-0.39, 0.29) is 11.9 Å². The van der Waals surface area contributed by atoms with Gasteiger partial charge in [-0.25, -0.2) is 4.98 Å². The van der Waals surface area contributed by atoms with Gasteiger partial charge in [-0.2, -0.15) is 5.26 Å². The van der Waals surface area contributed by atoms with Crippen molar-refractivity contribution in [3.8, 4) is 11.8 Å². The van der Waals surface area contributed by atoms with Gasteiger partial charge in [-0.15, -0.1) is 0 Å². The van der Waals surface area contributed by atoms with Crippen LogP contribution in [0.15, 0.2) is 42.6 Å². The van der Waals surface area contributed by atoms with E-state index in [0.29, 0.717) is 18.7 Å². The fourth-order valence-corrected chi connectivity index (χ4v) is 4.10. The lowest BCUT2D eigenvalue weighted by Crippen LogP contribution is -2.40. The summed E-state index contributed by atoms with van der Waals surface area (Å²) in [6.07, 6.45) is 4.27. The van der Waals surface area contributed by atoms with Gasteiger partial charge in [0.15, 0.2) is 0 Å². The third kappa shape index (κ3) is 3.65. The molecule has 1 atom stereocenters. The second-order valence-corrected chi connectivity index (χ2v) is 7.92. The van der Waals surface area contributed by atoms with Gasteiger partial charge >= 0.3 is 0 Å². The number of nitrogens with zero attached hydrogens (tertiary/aromatic N) is 4. The average molecular weight is 390 g/mol. The molecule has 6 heteroatoms. The summed E-state index contributed by atoms with van der Waals surface area (Å²) in [5.41, 5.74) is 1.08. The Hall–Kier alpha value is -3.07. The van der Waals surface area contributed by atoms with Crippen molar-refractivity contribution in [2.45, 2.75) is 37.6 Å². The molecule has 0 N–H and O–H groups in total. The van der Waals surface area contributed by atoms with E-state index in [1.165, 1.54) is 0 Å². The summed E-state index contributed by atoms with van der Waals surface area (Å²) in [7, 11) is 1.65. The van der Waals surface area contributed by atoms with Crippen molar-refractivity contribution in [2.24, 2.45) is 0 Å². The Morgan fingerprint density at radius 1 is 1.24 bits per heavy atom. The third-order valence-electron chi connectivity index (χ3n) is 6.13. The summed E-state index contributed by atoms with van der Waals surface area (Å²) in [6.45, 7) is 4.25. The van der Waals surface area contributed by atoms with Crippen LogP contribution in [0, 0.1) is 11.3 Å². The molecule has 1 saturated heterocycles. The first-order valence-electron chi connectivity index (χ1n) is 10.1. The van der Waals surface area contributed by atoms with Crippen LogP contribution in [0.5, 0.6) is 5.75 Å². The molecule has 2 aromatic rings. The van der Waals surface area contributed by atoms with Gasteiger partial charge in [0.05, 0.1) is 18.6 Å². The number of carbonyl (C=O) groups is 1. The van der Waals surface area contributed by atoms with Crippen LogP contribution in [-0.2, 0) is 5.41 Å². The van der Waals surface area contributed by atoms with Crippen molar-refractivity contribution >= 4 is 11.7 Å². The molecule has 4 rings (SSSR count). The molecule has 1 aromatic carbocycles. The molecule has 1 aromatic heterocycles. The molecule has 1 aliphatic carbocycles. The van der Waals surface area contributed by atoms with Crippen LogP contribution in [0.1, 0.15) is 42.1 Å². The molecule has 2 fully saturated rings. The number of anilines is 1. The Morgan fingerprint density at radius 3 is 2.76 bits per heavy atom. The van der Waals surface area contributed by atoms with Gasteiger partial charge in [0.25, 0.3) is 5.91 Å². The third-order valence-corrected chi connectivity index (χ3v) is 6.13. The first-order chi connectivity index (χ1) is 14.1. The van der Waals surface area contributed by atoms with E-state index in [1.807, 2.05) is 41.3 Å². The lowest BCUT2D eigenvalue weighted by atomic mass is 9.91. The van der Waals surface area contributed by atoms with Crippen molar-refractivity contribution in [1.29, 1.82) is 5.26 Å². The molecule has 29 heavy (non-hydrogen) atoms. The van der Waals surface area contributed by atoms with Gasteiger partial charge in [-0.3, -0.25) is 4.79 Å². The maximum Gasteiger partial charge on any atom is 0.254 e. The number of methoxy groups -OCH3 is 1. The second-order valence-electron chi connectivity index (χ2n) is 7.92. The van der Waals surface area contributed by atoms with Gasteiger partial charge in [-0.05, 0) is 43.9 Å². The highest BCUT2D eigenvalue weighted by Gasteiger charge is 2.47. The number of benzene rings is 1. The van der Waals surface area contributed by atoms with Gasteiger partial charge in [0, 0.05) is 43.5 Å². The fourth-order valence-electron chi connectivity index (χ4n) is 4.10. The van der Waals surface area contributed by atoms with Gasteiger partial charge in [0.2, 0.25) is 0 Å². The number of rotatable bonds is 4. The Balaban J connectivity index is 1.56. The predicted octanol–water partition coefficient (Wildman–Crippen LogP) is 3.39. The molecule has 0 radical (unpaired) electrons. The topological polar surface area (TPSA) is 69.5 Å². The van der Waals surface area contributed by atoms with Crippen LogP contribution in [-0.4, -0.2) is 48.6 Å². The molecule has 1 aliphatic heterocycles. The predicted molar refractivity (Wildman–Crippen MR) is 111 cm³/mol. The molecule has 1 saturated carbocycles. The highest BCUT2D eigenvalue weighted by molar-refractivity contribution is 5.96. The number of nitriles is 1. The Labute approximate surface area is 171 Å². The Morgan fingerprint density at radius 2 is 2.03 bits per heavy atom. The molecular weight excluding hydrogens is 364 g/mol. The molecule has 150 valence electrons. The summed E-state index contributed by atoms with van der Waals surface area (Å²) in [6, 6.07) is 13.9. The molecule has 0 spiro atoms. The summed E-state index contributed by atoms with van der Waals surface area (Å²) in [5, 5.41) is 9.63. The van der Waals surface area contributed by atoms with Crippen molar-refractivity contribution < 1.29 is 9.53 Å². The Bertz CT molecular complexity index is 948. The molecule has 1 amide bonds. The number of pyridine rings is 1. The highest BCUT2D eigenvalue weighted by atomic mass is 16.5. The smallest absolute Gasteiger partial charge is 0.254 e. The largest absolute Gasteiger partial charge is 0.497 e. The van der Waals surface area contributed by atoms with E-state index in [0.717, 1.165) is 42.9 Å². The van der Waals surface area contributed by atoms with E-state index in [2.05, 4.69) is 22.9 Å². The van der Waals surface area contributed by atoms with E-state index < -0.39 is 5.41 Å². The van der Waals surface area contributed by atoms with Gasteiger partial charge < -0.3 is 14.5 Å². The minimum atomic E-state index is -0.474. The minimum Gasteiger partial charge on any atom is -0.497 e. The summed E-state index contributed by atoms with van der Waals surface area (Å²) in [5.74, 6) is 1.67. The fraction of sp³-hybridized carbons (Fsp3) is 0.435. The number of carbonyl (C=O) groups excluding carboxylic acids is 1. The van der Waals surface area contributed by atoms with Crippen LogP contribution in [0.25, 0.3) is 0 Å². The number of aromatic nitrogens is 1. The average Bonchev–Trinajstić information content (AvgIpc) is 3.58. The van der Waals surface area contributed by atoms with E-state index in [4.69, 9.17) is 4.74 Å². The van der Waals surface area contributed by atoms with Crippen LogP contribution >= 0.6 is 0 Å². The molecule has 0 bridgehead atoms. The zero-order valence-electron chi connectivity index (χ0n) is 17.0. The number of hydrogen-bond acceptors (Lipinski definition) is 5. The number of ether oxygens (including phenoxy) is 1. The van der Waals surface area contributed by atoms with Crippen LogP contribution in [0.2, 0.25) is 0 Å².